The number of hydrogen-bond acceptors (Lipinski definition) is 4. The summed E-state index contributed by atoms with van der Waals surface area (Å²) in [6.45, 7) is 6.98. The number of benzene rings is 1. The Labute approximate surface area is 166 Å². The lowest BCUT2D eigenvalue weighted by molar-refractivity contribution is 0.361. The zero-order chi connectivity index (χ0) is 19.8. The van der Waals surface area contributed by atoms with Gasteiger partial charge in [0, 0.05) is 18.0 Å². The summed E-state index contributed by atoms with van der Waals surface area (Å²) in [5.41, 5.74) is 4.53. The summed E-state index contributed by atoms with van der Waals surface area (Å²) < 4.78 is 11.7. The Hall–Kier alpha value is -3.14. The van der Waals surface area contributed by atoms with Crippen molar-refractivity contribution in [2.24, 2.45) is 0 Å². The largest absolute Gasteiger partial charge is 0.490 e. The second-order valence-corrected chi connectivity index (χ2v) is 6.98. The molecule has 2 aromatic heterocycles. The Morgan fingerprint density at radius 1 is 1.00 bits per heavy atom. The molecule has 1 aromatic carbocycles. The van der Waals surface area contributed by atoms with Gasteiger partial charge in [0.15, 0.2) is 5.76 Å². The van der Waals surface area contributed by atoms with Crippen LogP contribution in [0.2, 0.25) is 0 Å². The molecule has 0 atom stereocenters. The first-order chi connectivity index (χ1) is 13.6. The first-order valence-corrected chi connectivity index (χ1v) is 9.50. The van der Waals surface area contributed by atoms with Gasteiger partial charge in [-0.3, -0.25) is 4.98 Å². The molecule has 0 aliphatic carbocycles. The average molecular weight is 374 g/mol. The van der Waals surface area contributed by atoms with Crippen LogP contribution in [0, 0.1) is 0 Å². The highest BCUT2D eigenvalue weighted by Crippen LogP contribution is 2.27. The van der Waals surface area contributed by atoms with Gasteiger partial charge >= 0.3 is 0 Å². The lowest BCUT2D eigenvalue weighted by Gasteiger charge is -2.05. The fraction of sp³-hybridized carbons (Fsp3) is 0.250. The van der Waals surface area contributed by atoms with E-state index in [1.807, 2.05) is 36.4 Å². The maximum Gasteiger partial charge on any atom is 0.228 e. The molecule has 0 fully saturated rings. The lowest BCUT2D eigenvalue weighted by Crippen LogP contribution is -1.94. The lowest BCUT2D eigenvalue weighted by atomic mass is 10.1. The van der Waals surface area contributed by atoms with Crippen molar-refractivity contribution in [3.05, 3.63) is 78.3 Å². The minimum atomic E-state index is 0.567. The van der Waals surface area contributed by atoms with Crippen molar-refractivity contribution >= 4 is 0 Å². The number of allylic oxidation sites excluding steroid dienone is 3. The summed E-state index contributed by atoms with van der Waals surface area (Å²) in [5, 5.41) is 0. The minimum Gasteiger partial charge on any atom is -0.490 e. The van der Waals surface area contributed by atoms with Crippen molar-refractivity contribution in [1.82, 2.24) is 9.97 Å². The maximum atomic E-state index is 5.86. The van der Waals surface area contributed by atoms with E-state index in [1.54, 1.807) is 18.6 Å². The van der Waals surface area contributed by atoms with Crippen LogP contribution in [-0.2, 0) is 0 Å². The van der Waals surface area contributed by atoms with Crippen molar-refractivity contribution in [3.63, 3.8) is 0 Å². The molecule has 0 saturated heterocycles. The first kappa shape index (κ1) is 19.6. The summed E-state index contributed by atoms with van der Waals surface area (Å²) in [5.74, 6) is 2.13. The highest BCUT2D eigenvalue weighted by Gasteiger charge is 2.08. The smallest absolute Gasteiger partial charge is 0.228 e. The molecule has 0 N–H and O–H groups in total. The van der Waals surface area contributed by atoms with E-state index in [0.717, 1.165) is 35.5 Å². The first-order valence-electron chi connectivity index (χ1n) is 9.50. The van der Waals surface area contributed by atoms with Crippen LogP contribution in [0.25, 0.3) is 22.8 Å². The summed E-state index contributed by atoms with van der Waals surface area (Å²) in [6, 6.07) is 11.7. The molecule has 0 unspecified atom stereocenters. The van der Waals surface area contributed by atoms with Gasteiger partial charge in [0.05, 0.1) is 11.8 Å². The summed E-state index contributed by atoms with van der Waals surface area (Å²) in [7, 11) is 0. The highest BCUT2D eigenvalue weighted by molar-refractivity contribution is 5.61. The number of aromatic nitrogens is 2. The molecule has 3 rings (SSSR count). The third-order valence-corrected chi connectivity index (χ3v) is 4.33. The van der Waals surface area contributed by atoms with Crippen LogP contribution in [0.1, 0.15) is 33.6 Å². The number of nitrogens with zero attached hydrogens (tertiary/aromatic N) is 2. The van der Waals surface area contributed by atoms with Gasteiger partial charge < -0.3 is 9.15 Å². The fourth-order valence-electron chi connectivity index (χ4n) is 2.72. The zero-order valence-corrected chi connectivity index (χ0v) is 16.7. The topological polar surface area (TPSA) is 48.2 Å². The Morgan fingerprint density at radius 3 is 2.54 bits per heavy atom. The second kappa shape index (κ2) is 9.70. The molecule has 0 saturated carbocycles. The predicted octanol–water partition coefficient (Wildman–Crippen LogP) is 6.48. The van der Waals surface area contributed by atoms with E-state index in [9.17, 15) is 0 Å². The molecule has 0 aliphatic heterocycles. The van der Waals surface area contributed by atoms with Crippen molar-refractivity contribution in [2.75, 3.05) is 6.61 Å². The van der Waals surface area contributed by atoms with Crippen molar-refractivity contribution < 1.29 is 9.15 Å². The monoisotopic (exact) mass is 374 g/mol. The molecule has 2 heterocycles. The predicted molar refractivity (Wildman–Crippen MR) is 113 cm³/mol. The Bertz CT molecular complexity index is 934. The normalized spacial score (nSPS) is 11.3. The second-order valence-electron chi connectivity index (χ2n) is 6.98. The van der Waals surface area contributed by atoms with E-state index in [-0.39, 0.29) is 0 Å². The maximum absolute atomic E-state index is 5.86. The molecule has 0 aliphatic rings. The highest BCUT2D eigenvalue weighted by atomic mass is 16.5. The quantitative estimate of drug-likeness (QED) is 0.424. The molecule has 3 aromatic rings. The van der Waals surface area contributed by atoms with Crippen LogP contribution in [0.5, 0.6) is 5.75 Å². The number of pyridine rings is 1. The van der Waals surface area contributed by atoms with Gasteiger partial charge in [-0.2, -0.15) is 0 Å². The van der Waals surface area contributed by atoms with E-state index >= 15 is 0 Å². The molecule has 144 valence electrons. The van der Waals surface area contributed by atoms with E-state index in [2.05, 4.69) is 42.9 Å². The molecular formula is C24H26N2O2. The van der Waals surface area contributed by atoms with Crippen molar-refractivity contribution in [2.45, 2.75) is 33.6 Å². The van der Waals surface area contributed by atoms with Gasteiger partial charge in [-0.1, -0.05) is 17.2 Å². The van der Waals surface area contributed by atoms with E-state index in [1.165, 1.54) is 11.1 Å². The van der Waals surface area contributed by atoms with Crippen molar-refractivity contribution in [1.29, 1.82) is 0 Å². The van der Waals surface area contributed by atoms with Gasteiger partial charge in [-0.05, 0) is 76.1 Å². The third kappa shape index (κ3) is 5.68. The molecule has 0 radical (unpaired) electrons. The Kier molecular flexibility index (Phi) is 6.79. The van der Waals surface area contributed by atoms with Gasteiger partial charge in [0.25, 0.3) is 0 Å². The minimum absolute atomic E-state index is 0.567. The third-order valence-electron chi connectivity index (χ3n) is 4.33. The van der Waals surface area contributed by atoms with Crippen LogP contribution in [0.3, 0.4) is 0 Å². The molecular weight excluding hydrogens is 348 g/mol. The molecule has 4 heteroatoms. The van der Waals surface area contributed by atoms with Gasteiger partial charge in [-0.15, -0.1) is 0 Å². The standard InChI is InChI=1S/C24H26N2O2/c1-18(2)6-4-7-19(3)13-15-27-22-11-9-20(10-12-22)23-17-26-24(28-23)21-8-5-14-25-16-21/h5-6,8-14,16-17H,4,7,15H2,1-3H3/b19-13+. The van der Waals surface area contributed by atoms with Crippen LogP contribution < -0.4 is 4.74 Å². The van der Waals surface area contributed by atoms with E-state index in [4.69, 9.17) is 9.15 Å². The Balaban J connectivity index is 1.55. The van der Waals surface area contributed by atoms with Crippen molar-refractivity contribution in [3.8, 4) is 28.5 Å². The SMILES string of the molecule is CC(C)=CCC/C(C)=C/COc1ccc(-c2cnc(-c3cccnc3)o2)cc1. The van der Waals surface area contributed by atoms with Gasteiger partial charge in [0.1, 0.15) is 12.4 Å². The summed E-state index contributed by atoms with van der Waals surface area (Å²) >= 11 is 0. The van der Waals surface area contributed by atoms with Gasteiger partial charge in [0.2, 0.25) is 5.89 Å². The molecule has 4 nitrogen and oxygen atoms in total. The zero-order valence-electron chi connectivity index (χ0n) is 16.7. The molecule has 0 bridgehead atoms. The summed E-state index contributed by atoms with van der Waals surface area (Å²) in [6.07, 6.45) is 11.8. The Morgan fingerprint density at radius 2 is 1.82 bits per heavy atom. The molecule has 28 heavy (non-hydrogen) atoms. The van der Waals surface area contributed by atoms with Gasteiger partial charge in [-0.25, -0.2) is 4.98 Å². The number of rotatable bonds is 8. The summed E-state index contributed by atoms with van der Waals surface area (Å²) in [4.78, 5) is 8.44. The molecule has 0 spiro atoms. The number of hydrogen-bond donors (Lipinski definition) is 0. The van der Waals surface area contributed by atoms with Crippen LogP contribution >= 0.6 is 0 Å². The van der Waals surface area contributed by atoms with E-state index < -0.39 is 0 Å². The average Bonchev–Trinajstić information content (AvgIpc) is 3.19. The fourth-order valence-corrected chi connectivity index (χ4v) is 2.72. The van der Waals surface area contributed by atoms with Crippen LogP contribution in [0.4, 0.5) is 0 Å². The number of oxazole rings is 1. The van der Waals surface area contributed by atoms with Crippen LogP contribution in [-0.4, -0.2) is 16.6 Å². The van der Waals surface area contributed by atoms with E-state index in [0.29, 0.717) is 12.5 Å². The number of ether oxygens (including phenoxy) is 1. The molecule has 0 amide bonds. The van der Waals surface area contributed by atoms with Crippen LogP contribution in [0.15, 0.2) is 82.7 Å².